The summed E-state index contributed by atoms with van der Waals surface area (Å²) in [6, 6.07) is 5.54. The van der Waals surface area contributed by atoms with E-state index in [1.165, 1.54) is 6.42 Å². The fraction of sp³-hybridized carbons (Fsp3) is 0.412. The first-order valence-corrected chi connectivity index (χ1v) is 7.97. The van der Waals surface area contributed by atoms with Crippen LogP contribution in [0.5, 0.6) is 0 Å². The zero-order chi connectivity index (χ0) is 16.1. The van der Waals surface area contributed by atoms with E-state index in [4.69, 9.17) is 0 Å². The summed E-state index contributed by atoms with van der Waals surface area (Å²) in [4.78, 5) is 27.0. The van der Waals surface area contributed by atoms with Gasteiger partial charge in [-0.2, -0.15) is 0 Å². The molecule has 3 rings (SSSR count). The second-order valence-corrected chi connectivity index (χ2v) is 5.97. The number of carbonyl (C=O) groups excluding carboxylic acids is 1. The first-order valence-electron chi connectivity index (χ1n) is 7.97. The van der Waals surface area contributed by atoms with Crippen LogP contribution in [0, 0.1) is 5.92 Å². The maximum Gasteiger partial charge on any atom is 0.272 e. The van der Waals surface area contributed by atoms with Gasteiger partial charge in [-0.15, -0.1) is 0 Å². The van der Waals surface area contributed by atoms with Crippen molar-refractivity contribution in [3.05, 3.63) is 48.0 Å². The summed E-state index contributed by atoms with van der Waals surface area (Å²) >= 11 is 0. The average molecular weight is 311 g/mol. The molecule has 3 heterocycles. The smallest absolute Gasteiger partial charge is 0.272 e. The van der Waals surface area contributed by atoms with Crippen molar-refractivity contribution in [1.82, 2.24) is 19.9 Å². The molecular weight excluding hydrogens is 290 g/mol. The molecule has 23 heavy (non-hydrogen) atoms. The Morgan fingerprint density at radius 2 is 2.13 bits per heavy atom. The van der Waals surface area contributed by atoms with Crippen molar-refractivity contribution < 1.29 is 4.79 Å². The molecule has 1 unspecified atom stereocenters. The van der Waals surface area contributed by atoms with Crippen molar-refractivity contribution in [2.24, 2.45) is 5.92 Å². The number of piperidine rings is 1. The maximum absolute atomic E-state index is 12.6. The molecule has 0 radical (unpaired) electrons. The number of hydrogen-bond acceptors (Lipinski definition) is 5. The zero-order valence-corrected chi connectivity index (χ0v) is 13.3. The van der Waals surface area contributed by atoms with Crippen molar-refractivity contribution in [2.75, 3.05) is 18.4 Å². The summed E-state index contributed by atoms with van der Waals surface area (Å²) in [5.74, 6) is 1.02. The van der Waals surface area contributed by atoms with E-state index >= 15 is 0 Å². The van der Waals surface area contributed by atoms with Crippen LogP contribution in [0.4, 0.5) is 5.95 Å². The van der Waals surface area contributed by atoms with E-state index in [9.17, 15) is 4.79 Å². The standard InChI is InChI=1S/C17H21N5O/c1-13-3-2-10-22(12-13)16(23)15-6-9-19-17(21-15)20-11-14-4-7-18-8-5-14/h4-9,13H,2-3,10-12H2,1H3,(H,19,20,21). The predicted molar refractivity (Wildman–Crippen MR) is 87.9 cm³/mol. The number of rotatable bonds is 4. The van der Waals surface area contributed by atoms with Gasteiger partial charge in [-0.25, -0.2) is 9.97 Å². The Bertz CT molecular complexity index is 661. The molecule has 1 N–H and O–H groups in total. The molecule has 2 aromatic rings. The Morgan fingerprint density at radius 1 is 1.30 bits per heavy atom. The highest BCUT2D eigenvalue weighted by molar-refractivity contribution is 5.92. The molecule has 2 aromatic heterocycles. The van der Waals surface area contributed by atoms with Crippen molar-refractivity contribution in [3.63, 3.8) is 0 Å². The first kappa shape index (κ1) is 15.4. The van der Waals surface area contributed by atoms with Gasteiger partial charge in [0.25, 0.3) is 5.91 Å². The van der Waals surface area contributed by atoms with Gasteiger partial charge in [0.05, 0.1) is 0 Å². The summed E-state index contributed by atoms with van der Waals surface area (Å²) in [5, 5.41) is 3.15. The topological polar surface area (TPSA) is 71.0 Å². The van der Waals surface area contributed by atoms with Crippen LogP contribution in [0.1, 0.15) is 35.8 Å². The zero-order valence-electron chi connectivity index (χ0n) is 13.3. The summed E-state index contributed by atoms with van der Waals surface area (Å²) in [5.41, 5.74) is 1.54. The third kappa shape index (κ3) is 4.03. The normalized spacial score (nSPS) is 17.8. The third-order valence-electron chi connectivity index (χ3n) is 4.02. The Morgan fingerprint density at radius 3 is 2.91 bits per heavy atom. The lowest BCUT2D eigenvalue weighted by atomic mass is 10.00. The number of likely N-dealkylation sites (tertiary alicyclic amines) is 1. The molecular formula is C17H21N5O. The molecule has 6 heteroatoms. The highest BCUT2D eigenvalue weighted by Crippen LogP contribution is 2.17. The van der Waals surface area contributed by atoms with E-state index in [1.54, 1.807) is 24.7 Å². The van der Waals surface area contributed by atoms with Gasteiger partial charge in [-0.3, -0.25) is 9.78 Å². The molecule has 0 spiro atoms. The van der Waals surface area contributed by atoms with E-state index in [0.29, 0.717) is 24.1 Å². The van der Waals surface area contributed by atoms with Crippen LogP contribution in [0.2, 0.25) is 0 Å². The molecule has 6 nitrogen and oxygen atoms in total. The number of aromatic nitrogens is 3. The van der Waals surface area contributed by atoms with Crippen LogP contribution in [0.3, 0.4) is 0 Å². The molecule has 1 atom stereocenters. The SMILES string of the molecule is CC1CCCN(C(=O)c2ccnc(NCc3ccncc3)n2)C1. The van der Waals surface area contributed by atoms with Crippen molar-refractivity contribution in [3.8, 4) is 0 Å². The summed E-state index contributed by atoms with van der Waals surface area (Å²) < 4.78 is 0. The molecule has 0 bridgehead atoms. The Kier molecular flexibility index (Phi) is 4.80. The Balaban J connectivity index is 1.66. The molecule has 1 saturated heterocycles. The second kappa shape index (κ2) is 7.17. The minimum Gasteiger partial charge on any atom is -0.350 e. The lowest BCUT2D eigenvalue weighted by Crippen LogP contribution is -2.39. The van der Waals surface area contributed by atoms with E-state index in [1.807, 2.05) is 17.0 Å². The van der Waals surface area contributed by atoms with Gasteiger partial charge in [0.1, 0.15) is 5.69 Å². The molecule has 1 amide bonds. The summed E-state index contributed by atoms with van der Waals surface area (Å²) in [7, 11) is 0. The highest BCUT2D eigenvalue weighted by atomic mass is 16.2. The minimum atomic E-state index is -0.00842. The molecule has 0 aromatic carbocycles. The summed E-state index contributed by atoms with van der Waals surface area (Å²) in [6.07, 6.45) is 7.37. The lowest BCUT2D eigenvalue weighted by molar-refractivity contribution is 0.0677. The molecule has 0 saturated carbocycles. The number of anilines is 1. The fourth-order valence-corrected chi connectivity index (χ4v) is 2.78. The van der Waals surface area contributed by atoms with Crippen molar-refractivity contribution >= 4 is 11.9 Å². The van der Waals surface area contributed by atoms with Gasteiger partial charge in [0.2, 0.25) is 5.95 Å². The Labute approximate surface area is 136 Å². The quantitative estimate of drug-likeness (QED) is 0.938. The number of nitrogens with one attached hydrogen (secondary N) is 1. The van der Waals surface area contributed by atoms with Gasteiger partial charge < -0.3 is 10.2 Å². The van der Waals surface area contributed by atoms with Crippen LogP contribution >= 0.6 is 0 Å². The fourth-order valence-electron chi connectivity index (χ4n) is 2.78. The van der Waals surface area contributed by atoms with Gasteiger partial charge in [0.15, 0.2) is 0 Å². The molecule has 1 aliphatic heterocycles. The largest absolute Gasteiger partial charge is 0.350 e. The van der Waals surface area contributed by atoms with Gasteiger partial charge in [-0.1, -0.05) is 6.92 Å². The predicted octanol–water partition coefficient (Wildman–Crippen LogP) is 2.36. The Hall–Kier alpha value is -2.50. The molecule has 120 valence electrons. The average Bonchev–Trinajstić information content (AvgIpc) is 2.60. The van der Waals surface area contributed by atoms with E-state index in [0.717, 1.165) is 25.1 Å². The van der Waals surface area contributed by atoms with Crippen LogP contribution < -0.4 is 5.32 Å². The number of nitrogens with zero attached hydrogens (tertiary/aromatic N) is 4. The number of amides is 1. The number of hydrogen-bond donors (Lipinski definition) is 1. The monoisotopic (exact) mass is 311 g/mol. The molecule has 0 aliphatic carbocycles. The maximum atomic E-state index is 12.6. The van der Waals surface area contributed by atoms with Crippen LogP contribution in [-0.4, -0.2) is 38.8 Å². The first-order chi connectivity index (χ1) is 11.2. The van der Waals surface area contributed by atoms with Crippen LogP contribution in [0.15, 0.2) is 36.8 Å². The molecule has 1 aliphatic rings. The van der Waals surface area contributed by atoms with Crippen molar-refractivity contribution in [2.45, 2.75) is 26.3 Å². The third-order valence-corrected chi connectivity index (χ3v) is 4.02. The van der Waals surface area contributed by atoms with E-state index < -0.39 is 0 Å². The number of pyridine rings is 1. The molecule has 1 fully saturated rings. The number of carbonyl (C=O) groups is 1. The van der Waals surface area contributed by atoms with E-state index in [2.05, 4.69) is 27.2 Å². The summed E-state index contributed by atoms with van der Waals surface area (Å²) in [6.45, 7) is 4.40. The highest BCUT2D eigenvalue weighted by Gasteiger charge is 2.23. The van der Waals surface area contributed by atoms with Crippen LogP contribution in [-0.2, 0) is 6.54 Å². The second-order valence-electron chi connectivity index (χ2n) is 5.97. The van der Waals surface area contributed by atoms with Crippen molar-refractivity contribution in [1.29, 1.82) is 0 Å². The van der Waals surface area contributed by atoms with Gasteiger partial charge in [-0.05, 0) is 42.5 Å². The van der Waals surface area contributed by atoms with Gasteiger partial charge in [0, 0.05) is 38.2 Å². The lowest BCUT2D eigenvalue weighted by Gasteiger charge is -2.30. The van der Waals surface area contributed by atoms with Gasteiger partial charge >= 0.3 is 0 Å². The van der Waals surface area contributed by atoms with Crippen LogP contribution in [0.25, 0.3) is 0 Å². The minimum absolute atomic E-state index is 0.00842. The van der Waals surface area contributed by atoms with E-state index in [-0.39, 0.29) is 5.91 Å².